The summed E-state index contributed by atoms with van der Waals surface area (Å²) in [6.45, 7) is 0.247. The standard InChI is InChI=1S/C27H30N6O4S/c28-25(29)27-32-14-19(38-27)22(24(36)18-12-7-13-30-18)33-26(37)23(31-15-20(34)35)21(16-8-3-1-4-9-16)17-10-5-2-6-11-17/h1-6,8-11,14,18,21-23,30-31H,7,12-13,15H2,(H3,28,29)(H,33,37)(H,34,35)/t18-,22?,23+/m0/s1. The van der Waals surface area contributed by atoms with E-state index < -0.39 is 42.5 Å². The summed E-state index contributed by atoms with van der Waals surface area (Å²) in [5.74, 6) is -2.63. The molecule has 0 aliphatic carbocycles. The van der Waals surface area contributed by atoms with Crippen molar-refractivity contribution in [3.63, 3.8) is 0 Å². The third-order valence-electron chi connectivity index (χ3n) is 6.42. The Morgan fingerprint density at radius 3 is 2.24 bits per heavy atom. The largest absolute Gasteiger partial charge is 0.480 e. The van der Waals surface area contributed by atoms with Gasteiger partial charge in [0, 0.05) is 12.1 Å². The normalized spacial score (nSPS) is 16.6. The first kappa shape index (κ1) is 27.1. The van der Waals surface area contributed by atoms with Crippen LogP contribution in [0.5, 0.6) is 0 Å². The monoisotopic (exact) mass is 534 g/mol. The number of aromatic nitrogens is 1. The van der Waals surface area contributed by atoms with Crippen molar-refractivity contribution < 1.29 is 19.5 Å². The molecule has 1 fully saturated rings. The summed E-state index contributed by atoms with van der Waals surface area (Å²) in [7, 11) is 0. The Labute approximate surface area is 224 Å². The molecule has 1 aliphatic heterocycles. The third-order valence-corrected chi connectivity index (χ3v) is 7.52. The number of nitrogens with two attached hydrogens (primary N) is 1. The number of nitrogens with one attached hydrogen (secondary N) is 4. The molecule has 1 aromatic heterocycles. The van der Waals surface area contributed by atoms with E-state index in [4.69, 9.17) is 11.1 Å². The van der Waals surface area contributed by atoms with Gasteiger partial charge >= 0.3 is 5.97 Å². The summed E-state index contributed by atoms with van der Waals surface area (Å²) in [5, 5.41) is 26.3. The molecular weight excluding hydrogens is 504 g/mol. The van der Waals surface area contributed by atoms with E-state index in [9.17, 15) is 19.5 Å². The van der Waals surface area contributed by atoms with E-state index >= 15 is 0 Å². The SMILES string of the molecule is N=C(N)c1ncc(C(NC(=O)[C@H](NCC(=O)O)C(c2ccccc2)c2ccccc2)C(=O)[C@@H]2CCCN2)s1. The van der Waals surface area contributed by atoms with E-state index in [0.717, 1.165) is 28.9 Å². The Hall–Kier alpha value is -3.93. The highest BCUT2D eigenvalue weighted by molar-refractivity contribution is 7.13. The zero-order valence-corrected chi connectivity index (χ0v) is 21.4. The molecule has 11 heteroatoms. The molecule has 1 amide bonds. The fraction of sp³-hybridized carbons (Fsp3) is 0.296. The number of hydrogen-bond donors (Lipinski definition) is 6. The van der Waals surface area contributed by atoms with Crippen molar-refractivity contribution in [3.05, 3.63) is 87.9 Å². The number of benzene rings is 2. The lowest BCUT2D eigenvalue weighted by molar-refractivity contribution is -0.136. The van der Waals surface area contributed by atoms with Crippen LogP contribution in [0.4, 0.5) is 0 Å². The lowest BCUT2D eigenvalue weighted by Gasteiger charge is -2.30. The summed E-state index contributed by atoms with van der Waals surface area (Å²) in [6.07, 6.45) is 2.93. The van der Waals surface area contributed by atoms with Crippen LogP contribution in [0.3, 0.4) is 0 Å². The smallest absolute Gasteiger partial charge is 0.317 e. The lowest BCUT2D eigenvalue weighted by Crippen LogP contribution is -2.52. The van der Waals surface area contributed by atoms with Crippen LogP contribution in [0.15, 0.2) is 66.9 Å². The van der Waals surface area contributed by atoms with Crippen LogP contribution in [0.2, 0.25) is 0 Å². The van der Waals surface area contributed by atoms with Gasteiger partial charge in [-0.1, -0.05) is 60.7 Å². The summed E-state index contributed by atoms with van der Waals surface area (Å²) >= 11 is 1.07. The van der Waals surface area contributed by atoms with Crippen molar-refractivity contribution in [1.29, 1.82) is 5.41 Å². The number of nitrogens with zero attached hydrogens (tertiary/aromatic N) is 1. The van der Waals surface area contributed by atoms with Gasteiger partial charge in [-0.2, -0.15) is 0 Å². The molecule has 4 rings (SSSR count). The van der Waals surface area contributed by atoms with E-state index in [2.05, 4.69) is 20.9 Å². The summed E-state index contributed by atoms with van der Waals surface area (Å²) < 4.78 is 0. The highest BCUT2D eigenvalue weighted by Crippen LogP contribution is 2.30. The fourth-order valence-electron chi connectivity index (χ4n) is 4.64. The second kappa shape index (κ2) is 12.5. The molecule has 38 heavy (non-hydrogen) atoms. The Morgan fingerprint density at radius 2 is 1.74 bits per heavy atom. The van der Waals surface area contributed by atoms with Gasteiger partial charge in [0.15, 0.2) is 16.6 Å². The minimum atomic E-state index is -1.11. The van der Waals surface area contributed by atoms with E-state index in [-0.39, 0.29) is 16.6 Å². The maximum atomic E-state index is 14.0. The number of amides is 1. The van der Waals surface area contributed by atoms with Crippen molar-refractivity contribution in [2.45, 2.75) is 36.9 Å². The number of rotatable bonds is 12. The summed E-state index contributed by atoms with van der Waals surface area (Å²) in [5.41, 5.74) is 7.22. The molecule has 7 N–H and O–H groups in total. The van der Waals surface area contributed by atoms with Crippen LogP contribution in [0.25, 0.3) is 0 Å². The molecule has 1 saturated heterocycles. The average Bonchev–Trinajstić information content (AvgIpc) is 3.63. The molecule has 2 heterocycles. The van der Waals surface area contributed by atoms with Crippen LogP contribution >= 0.6 is 11.3 Å². The van der Waals surface area contributed by atoms with Crippen LogP contribution in [0.1, 0.15) is 45.8 Å². The zero-order chi connectivity index (χ0) is 27.1. The van der Waals surface area contributed by atoms with E-state index in [1.165, 1.54) is 6.20 Å². The first-order valence-electron chi connectivity index (χ1n) is 12.3. The number of hydrogen-bond acceptors (Lipinski definition) is 8. The van der Waals surface area contributed by atoms with E-state index in [1.54, 1.807) is 0 Å². The van der Waals surface area contributed by atoms with Crippen LogP contribution < -0.4 is 21.7 Å². The lowest BCUT2D eigenvalue weighted by atomic mass is 9.84. The van der Waals surface area contributed by atoms with E-state index in [0.29, 0.717) is 17.8 Å². The van der Waals surface area contributed by atoms with Gasteiger partial charge in [-0.25, -0.2) is 4.98 Å². The molecule has 0 spiro atoms. The van der Waals surface area contributed by atoms with Crippen molar-refractivity contribution in [1.82, 2.24) is 20.9 Å². The summed E-state index contributed by atoms with van der Waals surface area (Å²) in [6, 6.07) is 16.2. The van der Waals surface area contributed by atoms with Gasteiger partial charge in [-0.05, 0) is 30.5 Å². The maximum Gasteiger partial charge on any atom is 0.317 e. The molecule has 0 bridgehead atoms. The van der Waals surface area contributed by atoms with Gasteiger partial charge < -0.3 is 21.5 Å². The molecule has 0 saturated carbocycles. The molecule has 0 radical (unpaired) electrons. The van der Waals surface area contributed by atoms with Crippen molar-refractivity contribution in [2.24, 2.45) is 5.73 Å². The first-order valence-corrected chi connectivity index (χ1v) is 13.1. The Balaban J connectivity index is 1.72. The van der Waals surface area contributed by atoms with Crippen molar-refractivity contribution in [2.75, 3.05) is 13.1 Å². The quantitative estimate of drug-likeness (QED) is 0.151. The number of carboxylic acid groups (broad SMARTS) is 1. The number of carbonyl (C=O) groups excluding carboxylic acids is 2. The number of aliphatic carboxylic acids is 1. The minimum absolute atomic E-state index is 0.220. The van der Waals surface area contributed by atoms with Gasteiger partial charge in [0.2, 0.25) is 5.91 Å². The van der Waals surface area contributed by atoms with E-state index in [1.807, 2.05) is 60.7 Å². The number of ketones is 1. The van der Waals surface area contributed by atoms with Crippen molar-refractivity contribution in [3.8, 4) is 0 Å². The maximum absolute atomic E-state index is 14.0. The zero-order valence-electron chi connectivity index (χ0n) is 20.6. The van der Waals surface area contributed by atoms with Crippen LogP contribution in [-0.4, -0.2) is 58.8 Å². The number of carbonyl (C=O) groups is 3. The molecule has 2 aromatic carbocycles. The molecular formula is C27H30N6O4S. The molecule has 3 aromatic rings. The molecule has 198 valence electrons. The first-order chi connectivity index (χ1) is 18.3. The number of carboxylic acids is 1. The Morgan fingerprint density at radius 1 is 1.11 bits per heavy atom. The van der Waals surface area contributed by atoms with Gasteiger partial charge in [-0.15, -0.1) is 11.3 Å². The molecule has 10 nitrogen and oxygen atoms in total. The summed E-state index contributed by atoms with van der Waals surface area (Å²) in [4.78, 5) is 43.6. The van der Waals surface area contributed by atoms with Gasteiger partial charge in [0.05, 0.1) is 23.5 Å². The highest BCUT2D eigenvalue weighted by atomic mass is 32.1. The van der Waals surface area contributed by atoms with Gasteiger partial charge in [0.25, 0.3) is 0 Å². The Kier molecular flexibility index (Phi) is 8.95. The molecule has 1 unspecified atom stereocenters. The third kappa shape index (κ3) is 6.49. The average molecular weight is 535 g/mol. The highest BCUT2D eigenvalue weighted by Gasteiger charge is 2.37. The molecule has 3 atom stereocenters. The topological polar surface area (TPSA) is 170 Å². The number of Topliss-reactive ketones (excluding diaryl/α,β-unsaturated/α-hetero) is 1. The second-order valence-electron chi connectivity index (χ2n) is 9.03. The van der Waals surface area contributed by atoms with Crippen LogP contribution in [0, 0.1) is 5.41 Å². The van der Waals surface area contributed by atoms with Crippen molar-refractivity contribution >= 4 is 34.8 Å². The van der Waals surface area contributed by atoms with Gasteiger partial charge in [0.1, 0.15) is 6.04 Å². The van der Waals surface area contributed by atoms with Crippen LogP contribution in [-0.2, 0) is 14.4 Å². The minimum Gasteiger partial charge on any atom is -0.480 e. The number of thiazole rings is 1. The predicted molar refractivity (Wildman–Crippen MR) is 144 cm³/mol. The Bertz CT molecular complexity index is 1240. The number of nitrogen functional groups attached to an aromatic ring is 1. The van der Waals surface area contributed by atoms with Gasteiger partial charge in [-0.3, -0.25) is 25.1 Å². The number of amidine groups is 1. The fourth-order valence-corrected chi connectivity index (χ4v) is 5.48. The predicted octanol–water partition coefficient (Wildman–Crippen LogP) is 1.78. The second-order valence-corrected chi connectivity index (χ2v) is 10.1. The molecule has 1 aliphatic rings.